The van der Waals surface area contributed by atoms with E-state index in [0.29, 0.717) is 21.8 Å². The molecule has 3 rings (SSSR count). The average Bonchev–Trinajstić information content (AvgIpc) is 3.07. The number of amides is 1. The molecular weight excluding hydrogens is 386 g/mol. The van der Waals surface area contributed by atoms with E-state index in [1.165, 1.54) is 11.8 Å². The number of ether oxygens (including phenoxy) is 1. The topological polar surface area (TPSA) is 77.2 Å². The van der Waals surface area contributed by atoms with Gasteiger partial charge in [-0.1, -0.05) is 41.6 Å². The number of anilines is 1. The Hall–Kier alpha value is -2.51. The number of thioether (sulfide) groups is 1. The number of carbonyl (C=O) groups is 1. The maximum atomic E-state index is 12.3. The zero-order valence-corrected chi connectivity index (χ0v) is 16.4. The number of aromatic nitrogens is 2. The van der Waals surface area contributed by atoms with Gasteiger partial charge in [-0.3, -0.25) is 4.79 Å². The number of benzene rings is 2. The summed E-state index contributed by atoms with van der Waals surface area (Å²) in [6.45, 7) is 3.92. The summed E-state index contributed by atoms with van der Waals surface area (Å²) in [4.78, 5) is 12.3. The van der Waals surface area contributed by atoms with E-state index in [2.05, 4.69) is 15.5 Å². The predicted molar refractivity (Wildman–Crippen MR) is 105 cm³/mol. The molecule has 2 aromatic carbocycles. The Morgan fingerprint density at radius 1 is 1.26 bits per heavy atom. The van der Waals surface area contributed by atoms with Crippen LogP contribution in [0.4, 0.5) is 5.69 Å². The van der Waals surface area contributed by atoms with Gasteiger partial charge in [0.25, 0.3) is 11.1 Å². The Kier molecular flexibility index (Phi) is 6.36. The SMILES string of the molecule is Cc1cccc(OCc2nnc(SC(C)C(=O)Nc3cccc(Cl)c3)o2)c1. The van der Waals surface area contributed by atoms with Crippen molar-refractivity contribution in [1.29, 1.82) is 0 Å². The van der Waals surface area contributed by atoms with Gasteiger partial charge in [0.1, 0.15) is 5.75 Å². The quantitative estimate of drug-likeness (QED) is 0.574. The summed E-state index contributed by atoms with van der Waals surface area (Å²) in [5.41, 5.74) is 1.74. The molecule has 1 heterocycles. The summed E-state index contributed by atoms with van der Waals surface area (Å²) in [6.07, 6.45) is 0. The van der Waals surface area contributed by atoms with Gasteiger partial charge in [-0.25, -0.2) is 0 Å². The first-order valence-electron chi connectivity index (χ1n) is 8.24. The second-order valence-corrected chi connectivity index (χ2v) is 7.56. The third kappa shape index (κ3) is 5.74. The molecular formula is C19H18ClN3O3S. The lowest BCUT2D eigenvalue weighted by Gasteiger charge is -2.10. The molecule has 0 aliphatic rings. The molecule has 140 valence electrons. The Bertz CT molecular complexity index is 932. The van der Waals surface area contributed by atoms with Crippen molar-refractivity contribution in [3.63, 3.8) is 0 Å². The number of carbonyl (C=O) groups excluding carboxylic acids is 1. The number of hydrogen-bond donors (Lipinski definition) is 1. The normalized spacial score (nSPS) is 11.8. The highest BCUT2D eigenvalue weighted by Crippen LogP contribution is 2.24. The highest BCUT2D eigenvalue weighted by molar-refractivity contribution is 8.00. The molecule has 0 saturated carbocycles. The molecule has 1 atom stereocenters. The van der Waals surface area contributed by atoms with Crippen molar-refractivity contribution in [1.82, 2.24) is 10.2 Å². The summed E-state index contributed by atoms with van der Waals surface area (Å²) >= 11 is 7.10. The Balaban J connectivity index is 1.52. The standard InChI is InChI=1S/C19H18ClN3O3S/c1-12-5-3-8-16(9-12)25-11-17-22-23-19(26-17)27-13(2)18(24)21-15-7-4-6-14(20)10-15/h3-10,13H,11H2,1-2H3,(H,21,24). The van der Waals surface area contributed by atoms with Crippen molar-refractivity contribution >= 4 is 35.0 Å². The number of nitrogens with zero attached hydrogens (tertiary/aromatic N) is 2. The van der Waals surface area contributed by atoms with Gasteiger partial charge >= 0.3 is 0 Å². The lowest BCUT2D eigenvalue weighted by atomic mass is 10.2. The maximum absolute atomic E-state index is 12.3. The predicted octanol–water partition coefficient (Wildman–Crippen LogP) is 4.73. The molecule has 0 radical (unpaired) electrons. The first-order chi connectivity index (χ1) is 13.0. The van der Waals surface area contributed by atoms with Crippen molar-refractivity contribution in [2.75, 3.05) is 5.32 Å². The fraction of sp³-hybridized carbons (Fsp3) is 0.211. The molecule has 1 amide bonds. The van der Waals surface area contributed by atoms with Crippen LogP contribution in [-0.4, -0.2) is 21.4 Å². The molecule has 0 bridgehead atoms. The average molecular weight is 404 g/mol. The lowest BCUT2D eigenvalue weighted by Crippen LogP contribution is -2.22. The highest BCUT2D eigenvalue weighted by Gasteiger charge is 2.18. The first kappa shape index (κ1) is 19.3. The van der Waals surface area contributed by atoms with Gasteiger partial charge in [-0.15, -0.1) is 10.2 Å². The summed E-state index contributed by atoms with van der Waals surface area (Å²) in [5, 5.41) is 11.2. The van der Waals surface area contributed by atoms with Gasteiger partial charge in [-0.2, -0.15) is 0 Å². The second-order valence-electron chi connectivity index (χ2n) is 5.83. The zero-order chi connectivity index (χ0) is 19.2. The molecule has 8 heteroatoms. The maximum Gasteiger partial charge on any atom is 0.277 e. The minimum atomic E-state index is -0.421. The molecule has 1 N–H and O–H groups in total. The van der Waals surface area contributed by atoms with Gasteiger partial charge < -0.3 is 14.5 Å². The van der Waals surface area contributed by atoms with Crippen LogP contribution in [0.5, 0.6) is 5.75 Å². The molecule has 0 saturated heterocycles. The van der Waals surface area contributed by atoms with Gasteiger partial charge in [-0.05, 0) is 49.7 Å². The van der Waals surface area contributed by atoms with Gasteiger partial charge in [0.05, 0.1) is 5.25 Å². The van der Waals surface area contributed by atoms with Crippen LogP contribution in [0, 0.1) is 6.92 Å². The summed E-state index contributed by atoms with van der Waals surface area (Å²) < 4.78 is 11.2. The molecule has 27 heavy (non-hydrogen) atoms. The Labute approximate surface area is 166 Å². The van der Waals surface area contributed by atoms with Crippen LogP contribution in [0.1, 0.15) is 18.4 Å². The minimum Gasteiger partial charge on any atom is -0.484 e. The molecule has 0 spiro atoms. The van der Waals surface area contributed by atoms with Crippen LogP contribution in [0.25, 0.3) is 0 Å². The number of halogens is 1. The van der Waals surface area contributed by atoms with E-state index in [0.717, 1.165) is 11.3 Å². The van der Waals surface area contributed by atoms with Crippen molar-refractivity contribution in [3.05, 3.63) is 65.0 Å². The minimum absolute atomic E-state index is 0.167. The molecule has 0 aliphatic carbocycles. The van der Waals surface area contributed by atoms with Gasteiger partial charge in [0.2, 0.25) is 5.91 Å². The fourth-order valence-corrected chi connectivity index (χ4v) is 3.10. The second kappa shape index (κ2) is 8.92. The van der Waals surface area contributed by atoms with E-state index < -0.39 is 5.25 Å². The van der Waals surface area contributed by atoms with E-state index in [1.54, 1.807) is 31.2 Å². The molecule has 1 aromatic heterocycles. The molecule has 1 unspecified atom stereocenters. The highest BCUT2D eigenvalue weighted by atomic mass is 35.5. The molecule has 6 nitrogen and oxygen atoms in total. The van der Waals surface area contributed by atoms with E-state index in [-0.39, 0.29) is 12.5 Å². The summed E-state index contributed by atoms with van der Waals surface area (Å²) in [7, 11) is 0. The van der Waals surface area contributed by atoms with Crippen LogP contribution in [0.2, 0.25) is 5.02 Å². The number of hydrogen-bond acceptors (Lipinski definition) is 6. The van der Waals surface area contributed by atoms with Gasteiger partial charge in [0.15, 0.2) is 6.61 Å². The number of aryl methyl sites for hydroxylation is 1. The molecule has 0 fully saturated rings. The van der Waals surface area contributed by atoms with Crippen molar-refractivity contribution in [2.24, 2.45) is 0 Å². The fourth-order valence-electron chi connectivity index (χ4n) is 2.21. The number of rotatable bonds is 7. The monoisotopic (exact) mass is 403 g/mol. The lowest BCUT2D eigenvalue weighted by molar-refractivity contribution is -0.115. The van der Waals surface area contributed by atoms with E-state index >= 15 is 0 Å². The van der Waals surface area contributed by atoms with Crippen LogP contribution in [0.3, 0.4) is 0 Å². The first-order valence-corrected chi connectivity index (χ1v) is 9.50. The van der Waals surface area contributed by atoms with Crippen LogP contribution < -0.4 is 10.1 Å². The van der Waals surface area contributed by atoms with Crippen molar-refractivity contribution < 1.29 is 13.9 Å². The number of nitrogens with one attached hydrogen (secondary N) is 1. The van der Waals surface area contributed by atoms with Crippen LogP contribution in [0.15, 0.2) is 58.2 Å². The van der Waals surface area contributed by atoms with Crippen LogP contribution >= 0.6 is 23.4 Å². The summed E-state index contributed by atoms with van der Waals surface area (Å²) in [6, 6.07) is 14.7. The third-order valence-corrected chi connectivity index (χ3v) is 4.71. The van der Waals surface area contributed by atoms with E-state index in [9.17, 15) is 4.79 Å². The Morgan fingerprint density at radius 2 is 2.07 bits per heavy atom. The molecule has 0 aliphatic heterocycles. The third-order valence-electron chi connectivity index (χ3n) is 3.54. The van der Waals surface area contributed by atoms with Crippen molar-refractivity contribution in [2.45, 2.75) is 30.9 Å². The summed E-state index contributed by atoms with van der Waals surface area (Å²) in [5.74, 6) is 0.899. The Morgan fingerprint density at radius 3 is 2.85 bits per heavy atom. The zero-order valence-electron chi connectivity index (χ0n) is 14.8. The van der Waals surface area contributed by atoms with Crippen molar-refractivity contribution in [3.8, 4) is 5.75 Å². The van der Waals surface area contributed by atoms with E-state index in [1.807, 2.05) is 31.2 Å². The smallest absolute Gasteiger partial charge is 0.277 e. The largest absolute Gasteiger partial charge is 0.484 e. The van der Waals surface area contributed by atoms with Gasteiger partial charge in [0, 0.05) is 10.7 Å². The van der Waals surface area contributed by atoms with Crippen LogP contribution in [-0.2, 0) is 11.4 Å². The van der Waals surface area contributed by atoms with E-state index in [4.69, 9.17) is 20.8 Å². The molecule has 3 aromatic rings.